The molecule has 1 heteroatoms. The van der Waals surface area contributed by atoms with Gasteiger partial charge in [-0.05, 0) is 107 Å². The molecule has 52 heavy (non-hydrogen) atoms. The van der Waals surface area contributed by atoms with E-state index in [4.69, 9.17) is 4.74 Å². The third kappa shape index (κ3) is 3.48. The third-order valence-electron chi connectivity index (χ3n) is 11.9. The Kier molecular flexibility index (Phi) is 5.49. The van der Waals surface area contributed by atoms with Gasteiger partial charge in [0.1, 0.15) is 11.5 Å². The van der Waals surface area contributed by atoms with Crippen LogP contribution in [0, 0.1) is 0 Å². The van der Waals surface area contributed by atoms with Gasteiger partial charge in [0.05, 0.1) is 5.41 Å². The molecule has 0 unspecified atom stereocenters. The highest BCUT2D eigenvalue weighted by Crippen LogP contribution is 2.65. The minimum atomic E-state index is -0.475. The smallest absolute Gasteiger partial charge is 0.135 e. The van der Waals surface area contributed by atoms with Gasteiger partial charge < -0.3 is 4.74 Å². The first-order chi connectivity index (χ1) is 25.8. The quantitative estimate of drug-likeness (QED) is 0.180. The summed E-state index contributed by atoms with van der Waals surface area (Å²) in [7, 11) is 0. The van der Waals surface area contributed by atoms with Crippen molar-refractivity contribution in [3.63, 3.8) is 0 Å². The number of benzene rings is 9. The lowest BCUT2D eigenvalue weighted by atomic mass is 9.69. The second kappa shape index (κ2) is 10.2. The van der Waals surface area contributed by atoms with E-state index in [1.165, 1.54) is 93.9 Å². The Morgan fingerprint density at radius 2 is 0.904 bits per heavy atom. The van der Waals surface area contributed by atoms with Gasteiger partial charge in [0.15, 0.2) is 0 Å². The van der Waals surface area contributed by atoms with Crippen molar-refractivity contribution in [2.24, 2.45) is 0 Å². The standard InChI is InChI=1S/C51H30O/c1-2-12-31(13-3-1)33-17-10-20-42-35(33)26-27-43-38-25-24-32(34-28-29-48-49-40(34)18-11-19-41(49)39-16-6-9-23-47(39)52-48)30-46(38)51(50(42)43)44-21-7-4-14-36(44)37-15-5-8-22-45(37)51/h1-30H. The summed E-state index contributed by atoms with van der Waals surface area (Å²) in [6, 6.07) is 67.3. The zero-order valence-corrected chi connectivity index (χ0v) is 28.2. The van der Waals surface area contributed by atoms with Gasteiger partial charge in [-0.2, -0.15) is 0 Å². The summed E-state index contributed by atoms with van der Waals surface area (Å²) >= 11 is 0. The molecule has 0 saturated heterocycles. The largest absolute Gasteiger partial charge is 0.456 e. The van der Waals surface area contributed by atoms with E-state index >= 15 is 0 Å². The molecule has 0 saturated carbocycles. The van der Waals surface area contributed by atoms with Crippen LogP contribution in [0.3, 0.4) is 0 Å². The van der Waals surface area contributed by atoms with Crippen molar-refractivity contribution in [3.8, 4) is 67.1 Å². The highest BCUT2D eigenvalue weighted by molar-refractivity contribution is 6.11. The highest BCUT2D eigenvalue weighted by atomic mass is 16.5. The topological polar surface area (TPSA) is 9.23 Å². The highest BCUT2D eigenvalue weighted by Gasteiger charge is 2.52. The van der Waals surface area contributed by atoms with Crippen molar-refractivity contribution in [1.29, 1.82) is 0 Å². The van der Waals surface area contributed by atoms with Crippen molar-refractivity contribution in [2.75, 3.05) is 0 Å². The molecule has 0 N–H and O–H groups in total. The summed E-state index contributed by atoms with van der Waals surface area (Å²) in [5.41, 5.74) is 17.5. The van der Waals surface area contributed by atoms with E-state index in [0.717, 1.165) is 17.1 Å². The Bertz CT molecular complexity index is 2940. The lowest BCUT2D eigenvalue weighted by Gasteiger charge is -2.32. The van der Waals surface area contributed by atoms with E-state index in [1.807, 2.05) is 6.07 Å². The van der Waals surface area contributed by atoms with Crippen LogP contribution in [0.5, 0.6) is 11.5 Å². The van der Waals surface area contributed by atoms with Crippen molar-refractivity contribution in [1.82, 2.24) is 0 Å². The van der Waals surface area contributed by atoms with Crippen molar-refractivity contribution >= 4 is 21.5 Å². The van der Waals surface area contributed by atoms with Crippen LogP contribution in [-0.2, 0) is 5.41 Å². The number of fused-ring (bicyclic) bond motifs is 14. The fraction of sp³-hybridized carbons (Fsp3) is 0.0196. The number of rotatable bonds is 2. The minimum absolute atomic E-state index is 0.475. The number of hydrogen-bond acceptors (Lipinski definition) is 1. The van der Waals surface area contributed by atoms with Gasteiger partial charge in [0.25, 0.3) is 0 Å². The van der Waals surface area contributed by atoms with Gasteiger partial charge in [-0.3, -0.25) is 0 Å². The zero-order chi connectivity index (χ0) is 34.0. The molecule has 2 aliphatic carbocycles. The molecule has 1 spiro atoms. The molecule has 0 aromatic heterocycles. The first-order valence-corrected chi connectivity index (χ1v) is 18.1. The molecule has 0 radical (unpaired) electrons. The second-order valence-electron chi connectivity index (χ2n) is 14.3. The molecule has 12 rings (SSSR count). The minimum Gasteiger partial charge on any atom is -0.456 e. The van der Waals surface area contributed by atoms with Crippen LogP contribution in [0.15, 0.2) is 182 Å². The number of hydrogen-bond donors (Lipinski definition) is 0. The number of ether oxygens (including phenoxy) is 1. The molecule has 3 aliphatic rings. The summed E-state index contributed by atoms with van der Waals surface area (Å²) in [6.07, 6.45) is 0. The summed E-state index contributed by atoms with van der Waals surface area (Å²) in [6.45, 7) is 0. The van der Waals surface area contributed by atoms with Gasteiger partial charge in [0, 0.05) is 10.9 Å². The Morgan fingerprint density at radius 3 is 1.71 bits per heavy atom. The zero-order valence-electron chi connectivity index (χ0n) is 28.2. The molecule has 0 amide bonds. The van der Waals surface area contributed by atoms with Crippen LogP contribution in [0.1, 0.15) is 22.3 Å². The SMILES string of the molecule is c1ccc(-c2cccc3c4c(ccc23)-c2ccc(-c3ccc5c6c(cccc36)-c3ccccc3O5)cc2C42c3ccccc3-c3ccccc32)cc1. The monoisotopic (exact) mass is 658 g/mol. The first kappa shape index (κ1) is 28.0. The van der Waals surface area contributed by atoms with Crippen LogP contribution in [-0.4, -0.2) is 0 Å². The molecule has 1 aliphatic heterocycles. The van der Waals surface area contributed by atoms with E-state index in [2.05, 4.69) is 176 Å². The molecule has 240 valence electrons. The lowest BCUT2D eigenvalue weighted by molar-refractivity contribution is 0.487. The summed E-state index contributed by atoms with van der Waals surface area (Å²) in [5.74, 6) is 1.83. The van der Waals surface area contributed by atoms with E-state index in [1.54, 1.807) is 0 Å². The first-order valence-electron chi connectivity index (χ1n) is 18.1. The average Bonchev–Trinajstić information content (AvgIpc) is 3.68. The summed E-state index contributed by atoms with van der Waals surface area (Å²) in [4.78, 5) is 0. The fourth-order valence-electron chi connectivity index (χ4n) is 9.87. The van der Waals surface area contributed by atoms with E-state index < -0.39 is 5.41 Å². The van der Waals surface area contributed by atoms with Gasteiger partial charge in [-0.1, -0.05) is 164 Å². The molecule has 1 heterocycles. The molecule has 0 fully saturated rings. The maximum atomic E-state index is 6.49. The molecular weight excluding hydrogens is 629 g/mol. The van der Waals surface area contributed by atoms with Gasteiger partial charge in [-0.15, -0.1) is 0 Å². The maximum absolute atomic E-state index is 6.49. The lowest BCUT2D eigenvalue weighted by Crippen LogP contribution is -2.26. The molecule has 0 atom stereocenters. The normalized spacial score (nSPS) is 13.7. The van der Waals surface area contributed by atoms with Crippen LogP contribution >= 0.6 is 0 Å². The Balaban J connectivity index is 1.17. The fourth-order valence-corrected chi connectivity index (χ4v) is 9.87. The maximum Gasteiger partial charge on any atom is 0.135 e. The summed E-state index contributed by atoms with van der Waals surface area (Å²) < 4.78 is 6.49. The Morgan fingerprint density at radius 1 is 0.308 bits per heavy atom. The Hall–Kier alpha value is -6.70. The molecule has 1 nitrogen and oxygen atoms in total. The molecule has 9 aromatic rings. The molecular formula is C51H30O. The van der Waals surface area contributed by atoms with E-state index in [-0.39, 0.29) is 0 Å². The van der Waals surface area contributed by atoms with Crippen LogP contribution in [0.2, 0.25) is 0 Å². The second-order valence-corrected chi connectivity index (χ2v) is 14.3. The predicted molar refractivity (Wildman–Crippen MR) is 214 cm³/mol. The van der Waals surface area contributed by atoms with Crippen molar-refractivity contribution in [2.45, 2.75) is 5.41 Å². The van der Waals surface area contributed by atoms with Gasteiger partial charge in [-0.25, -0.2) is 0 Å². The van der Waals surface area contributed by atoms with Gasteiger partial charge >= 0.3 is 0 Å². The third-order valence-corrected chi connectivity index (χ3v) is 11.9. The van der Waals surface area contributed by atoms with Crippen molar-refractivity contribution < 1.29 is 4.74 Å². The van der Waals surface area contributed by atoms with Crippen LogP contribution in [0.4, 0.5) is 0 Å². The predicted octanol–water partition coefficient (Wildman–Crippen LogP) is 13.4. The van der Waals surface area contributed by atoms with E-state index in [0.29, 0.717) is 0 Å². The Labute approximate surface area is 302 Å². The van der Waals surface area contributed by atoms with Crippen molar-refractivity contribution in [3.05, 3.63) is 204 Å². The number of para-hydroxylation sites is 1. The van der Waals surface area contributed by atoms with Crippen LogP contribution in [0.25, 0.3) is 77.2 Å². The molecule has 9 aromatic carbocycles. The molecule has 0 bridgehead atoms. The van der Waals surface area contributed by atoms with Crippen LogP contribution < -0.4 is 4.74 Å². The van der Waals surface area contributed by atoms with Gasteiger partial charge in [0.2, 0.25) is 0 Å². The van der Waals surface area contributed by atoms with E-state index in [9.17, 15) is 0 Å². The average molecular weight is 659 g/mol. The summed E-state index contributed by atoms with van der Waals surface area (Å²) in [5, 5.41) is 4.97.